The molecule has 0 atom stereocenters. The molecule has 6 heteroatoms. The molecule has 0 spiro atoms. The highest BCUT2D eigenvalue weighted by atomic mass is 16.4. The quantitative estimate of drug-likeness (QED) is 0.722. The number of fused-ring (bicyclic) bond motifs is 1. The van der Waals surface area contributed by atoms with Crippen LogP contribution in [0.25, 0.3) is 22.4 Å². The van der Waals surface area contributed by atoms with Crippen LogP contribution in [0.15, 0.2) is 31.8 Å². The van der Waals surface area contributed by atoms with Crippen molar-refractivity contribution in [3.8, 4) is 11.3 Å². The van der Waals surface area contributed by atoms with Gasteiger partial charge in [-0.05, 0) is 25.1 Å². The molecule has 2 aromatic heterocycles. The highest BCUT2D eigenvalue weighted by Gasteiger charge is 2.12. The first kappa shape index (κ1) is 10.6. The molecule has 0 radical (unpaired) electrons. The maximum atomic E-state index is 11.1. The van der Waals surface area contributed by atoms with Gasteiger partial charge in [-0.3, -0.25) is 4.98 Å². The number of anilines is 1. The molecule has 0 unspecified atom stereocenters. The van der Waals surface area contributed by atoms with E-state index in [0.29, 0.717) is 22.9 Å². The first-order valence-corrected chi connectivity index (χ1v) is 5.46. The van der Waals surface area contributed by atoms with Crippen LogP contribution < -0.4 is 11.1 Å². The van der Waals surface area contributed by atoms with E-state index in [4.69, 9.17) is 8.83 Å². The maximum absolute atomic E-state index is 11.1. The second kappa shape index (κ2) is 3.76. The van der Waals surface area contributed by atoms with Gasteiger partial charge >= 0.3 is 5.76 Å². The summed E-state index contributed by atoms with van der Waals surface area (Å²) < 4.78 is 10.4. The summed E-state index contributed by atoms with van der Waals surface area (Å²) >= 11 is 0. The van der Waals surface area contributed by atoms with Gasteiger partial charge in [0.05, 0.1) is 5.52 Å². The lowest BCUT2D eigenvalue weighted by molar-refractivity contribution is 0.544. The third kappa shape index (κ3) is 1.58. The topological polar surface area (TPSA) is 84.1 Å². The smallest absolute Gasteiger partial charge is 0.417 e. The summed E-state index contributed by atoms with van der Waals surface area (Å²) in [7, 11) is 1.74. The lowest BCUT2D eigenvalue weighted by Gasteiger charge is -1.96. The van der Waals surface area contributed by atoms with E-state index in [1.54, 1.807) is 13.1 Å². The molecule has 0 aliphatic heterocycles. The average Bonchev–Trinajstić information content (AvgIpc) is 2.89. The molecule has 0 saturated carbocycles. The van der Waals surface area contributed by atoms with Gasteiger partial charge in [0.25, 0.3) is 6.01 Å². The molecular weight excluding hydrogens is 234 g/mol. The fourth-order valence-electron chi connectivity index (χ4n) is 1.87. The van der Waals surface area contributed by atoms with Crippen LogP contribution >= 0.6 is 0 Å². The molecule has 18 heavy (non-hydrogen) atoms. The van der Waals surface area contributed by atoms with E-state index in [0.717, 1.165) is 11.3 Å². The molecular formula is C12H11N3O3. The van der Waals surface area contributed by atoms with Gasteiger partial charge < -0.3 is 14.2 Å². The largest absolute Gasteiger partial charge is 0.428 e. The number of hydrogen-bond acceptors (Lipinski definition) is 5. The zero-order chi connectivity index (χ0) is 12.7. The van der Waals surface area contributed by atoms with Gasteiger partial charge in [-0.2, -0.15) is 4.98 Å². The Morgan fingerprint density at radius 2 is 2.17 bits per heavy atom. The van der Waals surface area contributed by atoms with Gasteiger partial charge in [0.1, 0.15) is 11.5 Å². The van der Waals surface area contributed by atoms with Crippen LogP contribution in [0.1, 0.15) is 5.76 Å². The van der Waals surface area contributed by atoms with Crippen molar-refractivity contribution < 1.29 is 8.83 Å². The predicted molar refractivity (Wildman–Crippen MR) is 66.6 cm³/mol. The van der Waals surface area contributed by atoms with Crippen LogP contribution in [0.2, 0.25) is 0 Å². The van der Waals surface area contributed by atoms with E-state index in [1.165, 1.54) is 0 Å². The molecule has 0 fully saturated rings. The fourth-order valence-corrected chi connectivity index (χ4v) is 1.87. The third-order valence-electron chi connectivity index (χ3n) is 2.70. The Balaban J connectivity index is 2.18. The monoisotopic (exact) mass is 245 g/mol. The van der Waals surface area contributed by atoms with Crippen molar-refractivity contribution in [1.82, 2.24) is 9.97 Å². The molecule has 2 N–H and O–H groups in total. The third-order valence-corrected chi connectivity index (χ3v) is 2.70. The Bertz CT molecular complexity index is 766. The number of nitrogens with zero attached hydrogens (tertiary/aromatic N) is 1. The van der Waals surface area contributed by atoms with Crippen LogP contribution in [-0.4, -0.2) is 17.0 Å². The van der Waals surface area contributed by atoms with Crippen molar-refractivity contribution in [2.75, 3.05) is 12.4 Å². The van der Waals surface area contributed by atoms with Crippen molar-refractivity contribution in [1.29, 1.82) is 0 Å². The molecule has 6 nitrogen and oxygen atoms in total. The second-order valence-electron chi connectivity index (χ2n) is 3.90. The van der Waals surface area contributed by atoms with E-state index in [1.807, 2.05) is 19.1 Å². The standard InChI is InChI=1S/C12H11N3O3/c1-6-10(15-11(13-2)17-6)7-3-4-9-8(5-7)14-12(16)18-9/h3-5H,1-2H3,(H,13,15)(H,14,16). The number of aromatic nitrogens is 2. The number of H-pyrrole nitrogens is 1. The molecule has 0 saturated heterocycles. The van der Waals surface area contributed by atoms with E-state index in [2.05, 4.69) is 15.3 Å². The summed E-state index contributed by atoms with van der Waals surface area (Å²) in [6.07, 6.45) is 0. The molecule has 92 valence electrons. The number of rotatable bonds is 2. The van der Waals surface area contributed by atoms with Gasteiger partial charge in [0.15, 0.2) is 5.58 Å². The minimum absolute atomic E-state index is 0.461. The molecule has 1 aromatic carbocycles. The summed E-state index contributed by atoms with van der Waals surface area (Å²) in [4.78, 5) is 18.0. The summed E-state index contributed by atoms with van der Waals surface area (Å²) in [6, 6.07) is 5.84. The lowest BCUT2D eigenvalue weighted by atomic mass is 10.1. The molecule has 0 aliphatic carbocycles. The molecule has 3 rings (SSSR count). The lowest BCUT2D eigenvalue weighted by Crippen LogP contribution is -1.92. The van der Waals surface area contributed by atoms with E-state index < -0.39 is 5.76 Å². The Hall–Kier alpha value is -2.50. The number of benzene rings is 1. The first-order chi connectivity index (χ1) is 8.67. The van der Waals surface area contributed by atoms with Gasteiger partial charge in [0, 0.05) is 12.6 Å². The van der Waals surface area contributed by atoms with Gasteiger partial charge in [-0.1, -0.05) is 0 Å². The average molecular weight is 245 g/mol. The number of oxazole rings is 2. The minimum atomic E-state index is -0.463. The first-order valence-electron chi connectivity index (χ1n) is 5.46. The minimum Gasteiger partial charge on any atom is -0.428 e. The number of aryl methyl sites for hydroxylation is 1. The Kier molecular flexibility index (Phi) is 2.22. The van der Waals surface area contributed by atoms with E-state index >= 15 is 0 Å². The van der Waals surface area contributed by atoms with Crippen LogP contribution in [0.4, 0.5) is 6.01 Å². The molecule has 3 aromatic rings. The fraction of sp³-hybridized carbons (Fsp3) is 0.167. The van der Waals surface area contributed by atoms with Crippen LogP contribution in [0.5, 0.6) is 0 Å². The zero-order valence-corrected chi connectivity index (χ0v) is 9.90. The maximum Gasteiger partial charge on any atom is 0.417 e. The Morgan fingerprint density at radius 3 is 2.89 bits per heavy atom. The second-order valence-corrected chi connectivity index (χ2v) is 3.90. The molecule has 2 heterocycles. The van der Waals surface area contributed by atoms with Crippen molar-refractivity contribution in [3.05, 3.63) is 34.5 Å². The van der Waals surface area contributed by atoms with Crippen molar-refractivity contribution >= 4 is 17.1 Å². The molecule has 0 aliphatic rings. The Morgan fingerprint density at radius 1 is 1.33 bits per heavy atom. The number of nitrogens with one attached hydrogen (secondary N) is 2. The molecule has 0 amide bonds. The highest BCUT2D eigenvalue weighted by molar-refractivity contribution is 5.79. The van der Waals surface area contributed by atoms with Crippen molar-refractivity contribution in [2.24, 2.45) is 0 Å². The number of hydrogen-bond donors (Lipinski definition) is 2. The van der Waals surface area contributed by atoms with Crippen LogP contribution in [0.3, 0.4) is 0 Å². The SMILES string of the molecule is CNc1nc(-c2ccc3oc(=O)[nH]c3c2)c(C)o1. The Labute approximate surface area is 102 Å². The summed E-state index contributed by atoms with van der Waals surface area (Å²) in [6.45, 7) is 1.84. The number of aromatic amines is 1. The molecule has 0 bridgehead atoms. The van der Waals surface area contributed by atoms with Crippen LogP contribution in [0, 0.1) is 6.92 Å². The highest BCUT2D eigenvalue weighted by Crippen LogP contribution is 2.27. The summed E-state index contributed by atoms with van der Waals surface area (Å²) in [5, 5.41) is 2.85. The normalized spacial score (nSPS) is 11.0. The van der Waals surface area contributed by atoms with E-state index in [-0.39, 0.29) is 0 Å². The van der Waals surface area contributed by atoms with Gasteiger partial charge in [-0.15, -0.1) is 0 Å². The van der Waals surface area contributed by atoms with E-state index in [9.17, 15) is 4.79 Å². The summed E-state index contributed by atoms with van der Waals surface area (Å²) in [5.41, 5.74) is 2.77. The van der Waals surface area contributed by atoms with Crippen molar-refractivity contribution in [3.63, 3.8) is 0 Å². The van der Waals surface area contributed by atoms with Gasteiger partial charge in [0.2, 0.25) is 0 Å². The predicted octanol–water partition coefficient (Wildman–Crippen LogP) is 2.13. The summed E-state index contributed by atoms with van der Waals surface area (Å²) in [5.74, 6) is 0.250. The zero-order valence-electron chi connectivity index (χ0n) is 9.90. The van der Waals surface area contributed by atoms with Crippen molar-refractivity contribution in [2.45, 2.75) is 6.92 Å². The van der Waals surface area contributed by atoms with Gasteiger partial charge in [-0.25, -0.2) is 4.79 Å². The van der Waals surface area contributed by atoms with Crippen LogP contribution in [-0.2, 0) is 0 Å².